The normalized spacial score (nSPS) is 17.9. The Bertz CT molecular complexity index is 697. The summed E-state index contributed by atoms with van der Waals surface area (Å²) in [5, 5.41) is 3.59. The summed E-state index contributed by atoms with van der Waals surface area (Å²) in [6.07, 6.45) is 5.58. The maximum atomic E-state index is 6.09. The number of halogens is 1. The van der Waals surface area contributed by atoms with Crippen LogP contribution in [0.15, 0.2) is 35.6 Å². The molecule has 3 N–H and O–H groups in total. The highest BCUT2D eigenvalue weighted by atomic mass is 35.5. The third-order valence-electron chi connectivity index (χ3n) is 3.67. The first-order chi connectivity index (χ1) is 10.7. The minimum absolute atomic E-state index is 0.149. The average Bonchev–Trinajstić information content (AvgIpc) is 2.95. The number of methoxy groups -OCH3 is 1. The van der Waals surface area contributed by atoms with Crippen molar-refractivity contribution in [3.8, 4) is 5.75 Å². The summed E-state index contributed by atoms with van der Waals surface area (Å²) in [4.78, 5) is 8.87. The number of ether oxygens (including phenoxy) is 1. The molecule has 0 bridgehead atoms. The Morgan fingerprint density at radius 2 is 2.41 bits per heavy atom. The lowest BCUT2D eigenvalue weighted by Gasteiger charge is -2.20. The van der Waals surface area contributed by atoms with Gasteiger partial charge in [-0.15, -0.1) is 0 Å². The quantitative estimate of drug-likeness (QED) is 0.672. The third kappa shape index (κ3) is 3.17. The fourth-order valence-electron chi connectivity index (χ4n) is 2.57. The maximum Gasteiger partial charge on any atom is 0.193 e. The van der Waals surface area contributed by atoms with Crippen molar-refractivity contribution in [3.05, 3.63) is 41.4 Å². The molecule has 6 nitrogen and oxygen atoms in total. The van der Waals surface area contributed by atoms with Crippen LogP contribution in [0.5, 0.6) is 5.75 Å². The monoisotopic (exact) mass is 319 g/mol. The van der Waals surface area contributed by atoms with Crippen LogP contribution in [-0.4, -0.2) is 28.7 Å². The van der Waals surface area contributed by atoms with Gasteiger partial charge in [-0.3, -0.25) is 0 Å². The van der Waals surface area contributed by atoms with Crippen molar-refractivity contribution in [1.29, 1.82) is 0 Å². The van der Waals surface area contributed by atoms with E-state index in [0.29, 0.717) is 16.7 Å². The third-order valence-corrected chi connectivity index (χ3v) is 3.96. The van der Waals surface area contributed by atoms with E-state index >= 15 is 0 Å². The predicted molar refractivity (Wildman–Crippen MR) is 87.6 cm³/mol. The molecule has 7 heteroatoms. The smallest absolute Gasteiger partial charge is 0.193 e. The Labute approximate surface area is 134 Å². The van der Waals surface area contributed by atoms with E-state index in [1.807, 2.05) is 18.5 Å². The van der Waals surface area contributed by atoms with Crippen LogP contribution in [0.3, 0.4) is 0 Å². The number of nitrogens with two attached hydrogens (primary N) is 1. The Morgan fingerprint density at radius 3 is 3.18 bits per heavy atom. The highest BCUT2D eigenvalue weighted by molar-refractivity contribution is 6.32. The number of imidazole rings is 1. The van der Waals surface area contributed by atoms with Crippen molar-refractivity contribution in [2.45, 2.75) is 25.4 Å². The largest absolute Gasteiger partial charge is 0.495 e. The summed E-state index contributed by atoms with van der Waals surface area (Å²) >= 11 is 6.09. The van der Waals surface area contributed by atoms with Crippen LogP contribution in [0, 0.1) is 0 Å². The molecule has 1 aromatic carbocycles. The molecule has 116 valence electrons. The lowest BCUT2D eigenvalue weighted by molar-refractivity contribution is 0.415. The van der Waals surface area contributed by atoms with Gasteiger partial charge in [0.2, 0.25) is 0 Å². The summed E-state index contributed by atoms with van der Waals surface area (Å²) in [6, 6.07) is 5.54. The number of rotatable bonds is 3. The van der Waals surface area contributed by atoms with E-state index in [1.165, 1.54) is 0 Å². The summed E-state index contributed by atoms with van der Waals surface area (Å²) in [5.74, 6) is 2.06. The van der Waals surface area contributed by atoms with Crippen LogP contribution < -0.4 is 15.8 Å². The van der Waals surface area contributed by atoms with E-state index in [2.05, 4.69) is 19.9 Å². The Hall–Kier alpha value is -2.21. The van der Waals surface area contributed by atoms with Gasteiger partial charge in [0.15, 0.2) is 5.96 Å². The molecule has 1 atom stereocenters. The first-order valence-corrected chi connectivity index (χ1v) is 7.47. The fourth-order valence-corrected chi connectivity index (χ4v) is 2.82. The Kier molecular flexibility index (Phi) is 4.20. The second-order valence-electron chi connectivity index (χ2n) is 5.17. The van der Waals surface area contributed by atoms with Gasteiger partial charge in [0.25, 0.3) is 0 Å². The zero-order valence-corrected chi connectivity index (χ0v) is 13.0. The van der Waals surface area contributed by atoms with Crippen LogP contribution >= 0.6 is 11.6 Å². The number of aryl methyl sites for hydroxylation is 1. The van der Waals surface area contributed by atoms with Gasteiger partial charge in [-0.2, -0.15) is 0 Å². The minimum Gasteiger partial charge on any atom is -0.495 e. The zero-order valence-electron chi connectivity index (χ0n) is 12.3. The molecular weight excluding hydrogens is 302 g/mol. The average molecular weight is 320 g/mol. The second-order valence-corrected chi connectivity index (χ2v) is 5.58. The number of hydrogen-bond acceptors (Lipinski definition) is 3. The summed E-state index contributed by atoms with van der Waals surface area (Å²) in [6.45, 7) is 0.922. The van der Waals surface area contributed by atoms with Crippen molar-refractivity contribution in [1.82, 2.24) is 9.55 Å². The fraction of sp³-hybridized carbons (Fsp3) is 0.333. The molecule has 22 heavy (non-hydrogen) atoms. The number of aliphatic imine (C=N–C) groups is 1. The van der Waals surface area contributed by atoms with Crippen LogP contribution in [0.25, 0.3) is 0 Å². The molecule has 0 saturated heterocycles. The molecular formula is C15H18ClN5O. The maximum absolute atomic E-state index is 6.09. The number of aromatic nitrogens is 2. The van der Waals surface area contributed by atoms with E-state index in [4.69, 9.17) is 22.1 Å². The molecule has 2 heterocycles. The van der Waals surface area contributed by atoms with Gasteiger partial charge in [0.05, 0.1) is 18.2 Å². The number of nitrogens with one attached hydrogen (secondary N) is 1. The number of hydrogen-bond donors (Lipinski definition) is 2. The standard InChI is InChI=1S/C15H18ClN5O/c1-22-13-3-2-10(8-12(13)16)19-15(17)20-11-4-6-21-7-5-18-14(21)9-11/h2-3,5,7-8,11H,4,6,9H2,1H3,(H3,17,19,20). The van der Waals surface area contributed by atoms with E-state index in [9.17, 15) is 0 Å². The highest BCUT2D eigenvalue weighted by Crippen LogP contribution is 2.27. The van der Waals surface area contributed by atoms with E-state index in [1.54, 1.807) is 19.2 Å². The number of anilines is 1. The number of benzene rings is 1. The molecule has 2 aromatic rings. The van der Waals surface area contributed by atoms with Gasteiger partial charge >= 0.3 is 0 Å². The van der Waals surface area contributed by atoms with Gasteiger partial charge in [0.1, 0.15) is 11.6 Å². The summed E-state index contributed by atoms with van der Waals surface area (Å²) in [7, 11) is 1.58. The highest BCUT2D eigenvalue weighted by Gasteiger charge is 2.18. The summed E-state index contributed by atoms with van der Waals surface area (Å²) < 4.78 is 7.27. The van der Waals surface area contributed by atoms with Gasteiger partial charge in [-0.1, -0.05) is 11.6 Å². The molecule has 1 aliphatic heterocycles. The lowest BCUT2D eigenvalue weighted by Crippen LogP contribution is -2.29. The Balaban J connectivity index is 1.67. The van der Waals surface area contributed by atoms with Crippen LogP contribution in [0.4, 0.5) is 5.69 Å². The number of guanidine groups is 1. The molecule has 1 unspecified atom stereocenters. The second kappa shape index (κ2) is 6.27. The van der Waals surface area contributed by atoms with Crippen molar-refractivity contribution in [2.75, 3.05) is 12.4 Å². The molecule has 0 amide bonds. The van der Waals surface area contributed by atoms with Crippen molar-refractivity contribution >= 4 is 23.2 Å². The molecule has 0 saturated carbocycles. The zero-order chi connectivity index (χ0) is 15.5. The van der Waals surface area contributed by atoms with Gasteiger partial charge < -0.3 is 20.4 Å². The topological polar surface area (TPSA) is 77.5 Å². The molecule has 0 spiro atoms. The first kappa shape index (κ1) is 14.7. The van der Waals surface area contributed by atoms with Gasteiger partial charge in [-0.05, 0) is 24.6 Å². The predicted octanol–water partition coefficient (Wildman–Crippen LogP) is 2.29. The molecule has 0 fully saturated rings. The summed E-state index contributed by atoms with van der Waals surface area (Å²) in [5.41, 5.74) is 6.77. The lowest BCUT2D eigenvalue weighted by atomic mass is 10.1. The van der Waals surface area contributed by atoms with Crippen molar-refractivity contribution in [2.24, 2.45) is 10.7 Å². The molecule has 3 rings (SSSR count). The van der Waals surface area contributed by atoms with Crippen LogP contribution in [-0.2, 0) is 13.0 Å². The van der Waals surface area contributed by atoms with E-state index in [-0.39, 0.29) is 6.04 Å². The van der Waals surface area contributed by atoms with Crippen molar-refractivity contribution < 1.29 is 4.74 Å². The van der Waals surface area contributed by atoms with Crippen molar-refractivity contribution in [3.63, 3.8) is 0 Å². The van der Waals surface area contributed by atoms with Crippen LogP contribution in [0.2, 0.25) is 5.02 Å². The number of fused-ring (bicyclic) bond motifs is 1. The SMILES string of the molecule is COc1ccc(NC(N)=NC2CCn3ccnc3C2)cc1Cl. The molecule has 1 aliphatic rings. The Morgan fingerprint density at radius 1 is 1.55 bits per heavy atom. The van der Waals surface area contributed by atoms with Crippen LogP contribution in [0.1, 0.15) is 12.2 Å². The van der Waals surface area contributed by atoms with E-state index < -0.39 is 0 Å². The molecule has 0 aliphatic carbocycles. The van der Waals surface area contributed by atoms with E-state index in [0.717, 1.165) is 30.9 Å². The molecule has 0 radical (unpaired) electrons. The van der Waals surface area contributed by atoms with Gasteiger partial charge in [-0.25, -0.2) is 9.98 Å². The molecule has 1 aromatic heterocycles. The minimum atomic E-state index is 0.149. The van der Waals surface area contributed by atoms with Gasteiger partial charge in [0, 0.05) is 31.0 Å². The first-order valence-electron chi connectivity index (χ1n) is 7.09. The number of nitrogens with zero attached hydrogens (tertiary/aromatic N) is 3.